The first-order valence-corrected chi connectivity index (χ1v) is 4.81. The van der Waals surface area contributed by atoms with E-state index in [1.54, 1.807) is 0 Å². The molecule has 0 aromatic carbocycles. The first kappa shape index (κ1) is 12.3. The van der Waals surface area contributed by atoms with Gasteiger partial charge in [0, 0.05) is 11.8 Å². The van der Waals surface area contributed by atoms with Gasteiger partial charge in [0.15, 0.2) is 11.0 Å². The quantitative estimate of drug-likeness (QED) is 0.668. The van der Waals surface area contributed by atoms with Crippen LogP contribution in [0, 0.1) is 5.82 Å². The van der Waals surface area contributed by atoms with E-state index in [9.17, 15) is 14.6 Å². The van der Waals surface area contributed by atoms with Gasteiger partial charge >= 0.3 is 0 Å². The van der Waals surface area contributed by atoms with Crippen molar-refractivity contribution in [3.05, 3.63) is 28.8 Å². The Kier molecular flexibility index (Phi) is 4.41. The molecule has 84 valence electrons. The van der Waals surface area contributed by atoms with Crippen molar-refractivity contribution < 1.29 is 14.6 Å². The van der Waals surface area contributed by atoms with Gasteiger partial charge in [0.2, 0.25) is 0 Å². The highest BCUT2D eigenvalue weighted by Gasteiger charge is 2.22. The summed E-state index contributed by atoms with van der Waals surface area (Å²) in [6, 6.07) is 1.27. The van der Waals surface area contributed by atoms with Crippen LogP contribution in [-0.2, 0) is 0 Å². The summed E-state index contributed by atoms with van der Waals surface area (Å²) in [6.07, 6.45) is -1.00. The number of rotatable bonds is 4. The summed E-state index contributed by atoms with van der Waals surface area (Å²) in [5.74, 6) is -0.817. The number of nitrogens with zero attached hydrogens (tertiary/aromatic N) is 1. The second-order valence-corrected chi connectivity index (χ2v) is 3.45. The normalized spacial score (nSPS) is 15.0. The van der Waals surface area contributed by atoms with Crippen LogP contribution in [0.5, 0.6) is 0 Å². The number of nitrogens with two attached hydrogens (primary N) is 1. The molecule has 1 heterocycles. The minimum atomic E-state index is -1.34. The van der Waals surface area contributed by atoms with Crippen LogP contribution in [0.1, 0.15) is 18.1 Å². The van der Waals surface area contributed by atoms with Crippen LogP contribution in [0.25, 0.3) is 0 Å². The zero-order valence-electron chi connectivity index (χ0n) is 7.90. The Morgan fingerprint density at radius 3 is 2.80 bits per heavy atom. The van der Waals surface area contributed by atoms with Crippen molar-refractivity contribution in [1.29, 1.82) is 0 Å². The minimum Gasteiger partial charge on any atom is -0.390 e. The number of halogens is 2. The highest BCUT2D eigenvalue weighted by atomic mass is 35.5. The minimum absolute atomic E-state index is 0.0732. The molecule has 0 saturated carbocycles. The first-order chi connectivity index (χ1) is 7.07. The van der Waals surface area contributed by atoms with Crippen molar-refractivity contribution >= 4 is 11.6 Å². The summed E-state index contributed by atoms with van der Waals surface area (Å²) in [7, 11) is 0. The lowest BCUT2D eigenvalue weighted by Crippen LogP contribution is -2.22. The highest BCUT2D eigenvalue weighted by molar-refractivity contribution is 6.29. The van der Waals surface area contributed by atoms with Crippen molar-refractivity contribution in [2.75, 3.05) is 6.54 Å². The topological polar surface area (TPSA) is 79.4 Å². The van der Waals surface area contributed by atoms with E-state index < -0.39 is 18.0 Å². The van der Waals surface area contributed by atoms with E-state index in [0.29, 0.717) is 0 Å². The SMILES string of the molecule is NCCC(O)C(O)c1ccnc(Cl)c1F. The predicted molar refractivity (Wildman–Crippen MR) is 53.8 cm³/mol. The number of hydrogen-bond donors (Lipinski definition) is 3. The average Bonchev–Trinajstić information content (AvgIpc) is 2.21. The van der Waals surface area contributed by atoms with Crippen LogP contribution in [0.15, 0.2) is 12.3 Å². The lowest BCUT2D eigenvalue weighted by molar-refractivity contribution is 0.0129. The van der Waals surface area contributed by atoms with Crippen LogP contribution >= 0.6 is 11.6 Å². The van der Waals surface area contributed by atoms with Gasteiger partial charge < -0.3 is 15.9 Å². The fraction of sp³-hybridized carbons (Fsp3) is 0.444. The molecule has 15 heavy (non-hydrogen) atoms. The van der Waals surface area contributed by atoms with Crippen molar-refractivity contribution in [2.45, 2.75) is 18.6 Å². The summed E-state index contributed by atoms with van der Waals surface area (Å²) >= 11 is 5.44. The van der Waals surface area contributed by atoms with E-state index in [0.717, 1.165) is 0 Å². The number of aliphatic hydroxyl groups is 2. The largest absolute Gasteiger partial charge is 0.390 e. The maximum Gasteiger partial charge on any atom is 0.166 e. The van der Waals surface area contributed by atoms with E-state index >= 15 is 0 Å². The van der Waals surface area contributed by atoms with Crippen LogP contribution in [0.2, 0.25) is 5.15 Å². The summed E-state index contributed by atoms with van der Waals surface area (Å²) in [5.41, 5.74) is 5.14. The molecule has 2 unspecified atom stereocenters. The monoisotopic (exact) mass is 234 g/mol. The summed E-state index contributed by atoms with van der Waals surface area (Å²) in [5, 5.41) is 18.7. The molecule has 2 atom stereocenters. The van der Waals surface area contributed by atoms with Crippen molar-refractivity contribution in [2.24, 2.45) is 5.73 Å². The standard InChI is InChI=1S/C9H12ClFN2O2/c10-9-7(11)5(2-4-13-9)8(15)6(14)1-3-12/h2,4,6,8,14-15H,1,3,12H2. The number of aliphatic hydroxyl groups excluding tert-OH is 2. The molecule has 6 heteroatoms. The molecule has 0 aliphatic heterocycles. The molecular weight excluding hydrogens is 223 g/mol. The lowest BCUT2D eigenvalue weighted by Gasteiger charge is -2.17. The summed E-state index contributed by atoms with van der Waals surface area (Å²) in [4.78, 5) is 3.50. The predicted octanol–water partition coefficient (Wildman–Crippen LogP) is 0.617. The molecule has 0 aliphatic rings. The third kappa shape index (κ3) is 2.85. The van der Waals surface area contributed by atoms with E-state index in [1.165, 1.54) is 12.3 Å². The maximum absolute atomic E-state index is 13.4. The third-order valence-corrected chi connectivity index (χ3v) is 2.29. The van der Waals surface area contributed by atoms with Crippen LogP contribution in [0.4, 0.5) is 4.39 Å². The van der Waals surface area contributed by atoms with E-state index in [1.807, 2.05) is 0 Å². The first-order valence-electron chi connectivity index (χ1n) is 4.44. The molecule has 0 amide bonds. The average molecular weight is 235 g/mol. The Labute approximate surface area is 91.5 Å². The van der Waals surface area contributed by atoms with E-state index in [4.69, 9.17) is 17.3 Å². The van der Waals surface area contributed by atoms with Gasteiger partial charge in [0.05, 0.1) is 6.10 Å². The van der Waals surface area contributed by atoms with Crippen molar-refractivity contribution in [3.63, 3.8) is 0 Å². The van der Waals surface area contributed by atoms with E-state index in [-0.39, 0.29) is 23.7 Å². The molecule has 4 nitrogen and oxygen atoms in total. The Morgan fingerprint density at radius 2 is 2.20 bits per heavy atom. The van der Waals surface area contributed by atoms with Crippen molar-refractivity contribution in [1.82, 2.24) is 4.98 Å². The zero-order valence-corrected chi connectivity index (χ0v) is 8.65. The highest BCUT2D eigenvalue weighted by Crippen LogP contribution is 2.24. The second-order valence-electron chi connectivity index (χ2n) is 3.09. The van der Waals surface area contributed by atoms with Gasteiger partial charge in [-0.25, -0.2) is 9.37 Å². The smallest absolute Gasteiger partial charge is 0.166 e. The summed E-state index contributed by atoms with van der Waals surface area (Å²) in [6.45, 7) is 0.207. The lowest BCUT2D eigenvalue weighted by atomic mass is 10.0. The molecule has 0 saturated heterocycles. The molecular formula is C9H12ClFN2O2. The van der Waals surface area contributed by atoms with Gasteiger partial charge in [0.1, 0.15) is 6.10 Å². The Balaban J connectivity index is 2.90. The van der Waals surface area contributed by atoms with Crippen LogP contribution < -0.4 is 5.73 Å². The van der Waals surface area contributed by atoms with Gasteiger partial charge in [-0.15, -0.1) is 0 Å². The maximum atomic E-state index is 13.4. The Morgan fingerprint density at radius 1 is 1.53 bits per heavy atom. The summed E-state index contributed by atoms with van der Waals surface area (Å²) < 4.78 is 13.4. The molecule has 4 N–H and O–H groups in total. The molecule has 0 radical (unpaired) electrons. The molecule has 1 aromatic rings. The molecule has 0 bridgehead atoms. The van der Waals surface area contributed by atoms with Gasteiger partial charge in [-0.1, -0.05) is 11.6 Å². The second kappa shape index (κ2) is 5.37. The Bertz CT molecular complexity index is 338. The number of pyridine rings is 1. The zero-order chi connectivity index (χ0) is 11.4. The van der Waals surface area contributed by atoms with Crippen LogP contribution in [-0.4, -0.2) is 27.8 Å². The van der Waals surface area contributed by atoms with Crippen LogP contribution in [0.3, 0.4) is 0 Å². The Hall–Kier alpha value is -0.750. The third-order valence-electron chi connectivity index (χ3n) is 2.02. The van der Waals surface area contributed by atoms with Gasteiger partial charge in [-0.3, -0.25) is 0 Å². The fourth-order valence-electron chi connectivity index (χ4n) is 1.20. The number of aromatic nitrogens is 1. The van der Waals surface area contributed by atoms with Crippen molar-refractivity contribution in [3.8, 4) is 0 Å². The molecule has 1 aromatic heterocycles. The molecule has 1 rings (SSSR count). The van der Waals surface area contributed by atoms with E-state index in [2.05, 4.69) is 4.98 Å². The molecule has 0 fully saturated rings. The molecule has 0 spiro atoms. The van der Waals surface area contributed by atoms with Gasteiger partial charge in [-0.2, -0.15) is 0 Å². The number of hydrogen-bond acceptors (Lipinski definition) is 4. The van der Waals surface area contributed by atoms with Gasteiger partial charge in [-0.05, 0) is 19.0 Å². The molecule has 0 aliphatic carbocycles. The van der Waals surface area contributed by atoms with Gasteiger partial charge in [0.25, 0.3) is 0 Å². The fourth-order valence-corrected chi connectivity index (χ4v) is 1.36.